The van der Waals surface area contributed by atoms with Crippen LogP contribution in [0.15, 0.2) is 42.5 Å². The molecule has 0 saturated carbocycles. The summed E-state index contributed by atoms with van der Waals surface area (Å²) in [6, 6.07) is 10.6. The SMILES string of the molecule is Cc1ccc(F)cc1CNC(=O)[C@@H]1CCC(=O)N(Cc2cccc(F)c2)C1. The molecule has 0 unspecified atom stereocenters. The van der Waals surface area contributed by atoms with Crippen LogP contribution in [0.4, 0.5) is 8.78 Å². The number of hydrogen-bond donors (Lipinski definition) is 1. The van der Waals surface area contributed by atoms with Crippen LogP contribution in [0.25, 0.3) is 0 Å². The fourth-order valence-electron chi connectivity index (χ4n) is 3.29. The predicted molar refractivity (Wildman–Crippen MR) is 97.5 cm³/mol. The molecule has 1 atom stereocenters. The number of carbonyl (C=O) groups is 2. The number of likely N-dealkylation sites (tertiary alicyclic amines) is 1. The lowest BCUT2D eigenvalue weighted by Gasteiger charge is -2.32. The number of hydrogen-bond acceptors (Lipinski definition) is 2. The van der Waals surface area contributed by atoms with E-state index in [1.807, 2.05) is 6.92 Å². The lowest BCUT2D eigenvalue weighted by atomic mass is 9.96. The maximum atomic E-state index is 13.4. The van der Waals surface area contributed by atoms with Crippen LogP contribution in [0, 0.1) is 24.5 Å². The standard InChI is InChI=1S/C21H22F2N2O2/c1-14-5-7-19(23)10-17(14)11-24-21(27)16-6-8-20(26)25(13-16)12-15-3-2-4-18(22)9-15/h2-5,7,9-10,16H,6,8,11-13H2,1H3,(H,24,27)/t16-/m1/s1. The Morgan fingerprint density at radius 2 is 1.96 bits per heavy atom. The Kier molecular flexibility index (Phi) is 5.84. The van der Waals surface area contributed by atoms with Gasteiger partial charge in [0.25, 0.3) is 0 Å². The largest absolute Gasteiger partial charge is 0.352 e. The van der Waals surface area contributed by atoms with Crippen LogP contribution in [0.5, 0.6) is 0 Å². The fraction of sp³-hybridized carbons (Fsp3) is 0.333. The molecule has 0 aliphatic carbocycles. The smallest absolute Gasteiger partial charge is 0.225 e. The summed E-state index contributed by atoms with van der Waals surface area (Å²) in [6.07, 6.45) is 0.763. The maximum absolute atomic E-state index is 13.4. The van der Waals surface area contributed by atoms with Gasteiger partial charge in [0, 0.05) is 26.1 Å². The molecule has 4 nitrogen and oxygen atoms in total. The first kappa shape index (κ1) is 19.0. The van der Waals surface area contributed by atoms with Crippen LogP contribution in [0.1, 0.15) is 29.5 Å². The third-order valence-electron chi connectivity index (χ3n) is 4.90. The Bertz CT molecular complexity index is 854. The maximum Gasteiger partial charge on any atom is 0.225 e. The van der Waals surface area contributed by atoms with E-state index in [4.69, 9.17) is 0 Å². The third-order valence-corrected chi connectivity index (χ3v) is 4.90. The van der Waals surface area contributed by atoms with Crippen LogP contribution in [-0.2, 0) is 22.7 Å². The number of piperidine rings is 1. The van der Waals surface area contributed by atoms with Crippen LogP contribution in [0.3, 0.4) is 0 Å². The van der Waals surface area contributed by atoms with Crippen molar-refractivity contribution in [3.8, 4) is 0 Å². The van der Waals surface area contributed by atoms with Gasteiger partial charge >= 0.3 is 0 Å². The minimum atomic E-state index is -0.350. The zero-order chi connectivity index (χ0) is 19.4. The molecule has 0 radical (unpaired) electrons. The summed E-state index contributed by atoms with van der Waals surface area (Å²) in [4.78, 5) is 26.3. The van der Waals surface area contributed by atoms with Gasteiger partial charge in [-0.05, 0) is 54.3 Å². The Morgan fingerprint density at radius 3 is 2.74 bits per heavy atom. The Morgan fingerprint density at radius 1 is 1.19 bits per heavy atom. The number of benzene rings is 2. The van der Waals surface area contributed by atoms with Crippen molar-refractivity contribution >= 4 is 11.8 Å². The van der Waals surface area contributed by atoms with Crippen molar-refractivity contribution in [1.29, 1.82) is 0 Å². The first-order valence-corrected chi connectivity index (χ1v) is 8.97. The molecule has 1 N–H and O–H groups in total. The van der Waals surface area contributed by atoms with E-state index in [0.29, 0.717) is 18.5 Å². The van der Waals surface area contributed by atoms with Crippen molar-refractivity contribution in [2.45, 2.75) is 32.9 Å². The molecule has 142 valence electrons. The van der Waals surface area contributed by atoms with E-state index in [2.05, 4.69) is 5.32 Å². The molecule has 0 aromatic heterocycles. The van der Waals surface area contributed by atoms with Crippen molar-refractivity contribution in [1.82, 2.24) is 10.2 Å². The summed E-state index contributed by atoms with van der Waals surface area (Å²) in [7, 11) is 0. The molecule has 1 heterocycles. The molecule has 1 aliphatic rings. The molecule has 3 rings (SSSR count). The van der Waals surface area contributed by atoms with Gasteiger partial charge in [0.1, 0.15) is 11.6 Å². The first-order chi connectivity index (χ1) is 12.9. The molecule has 27 heavy (non-hydrogen) atoms. The van der Waals surface area contributed by atoms with E-state index in [0.717, 1.165) is 11.1 Å². The average molecular weight is 372 g/mol. The van der Waals surface area contributed by atoms with Crippen LogP contribution in [0.2, 0.25) is 0 Å². The quantitative estimate of drug-likeness (QED) is 0.875. The molecule has 1 fully saturated rings. The van der Waals surface area contributed by atoms with E-state index >= 15 is 0 Å². The van der Waals surface area contributed by atoms with Gasteiger partial charge in [0.05, 0.1) is 5.92 Å². The Labute approximate surface area is 157 Å². The second kappa shape index (κ2) is 8.29. The summed E-state index contributed by atoms with van der Waals surface area (Å²) < 4.78 is 26.7. The third kappa shape index (κ3) is 4.90. The van der Waals surface area contributed by atoms with Crippen molar-refractivity contribution in [3.63, 3.8) is 0 Å². The zero-order valence-electron chi connectivity index (χ0n) is 15.2. The second-order valence-corrected chi connectivity index (χ2v) is 6.93. The van der Waals surface area contributed by atoms with Gasteiger partial charge in [-0.15, -0.1) is 0 Å². The van der Waals surface area contributed by atoms with Gasteiger partial charge in [0.15, 0.2) is 0 Å². The molecule has 0 bridgehead atoms. The first-order valence-electron chi connectivity index (χ1n) is 8.97. The molecule has 2 aromatic rings. The average Bonchev–Trinajstić information content (AvgIpc) is 2.64. The van der Waals surface area contributed by atoms with Crippen molar-refractivity contribution in [2.75, 3.05) is 6.54 Å². The molecular weight excluding hydrogens is 350 g/mol. The summed E-state index contributed by atoms with van der Waals surface area (Å²) >= 11 is 0. The van der Waals surface area contributed by atoms with E-state index < -0.39 is 0 Å². The van der Waals surface area contributed by atoms with Crippen LogP contribution in [-0.4, -0.2) is 23.3 Å². The van der Waals surface area contributed by atoms with Crippen molar-refractivity contribution in [3.05, 3.63) is 70.8 Å². The van der Waals surface area contributed by atoms with Crippen LogP contribution < -0.4 is 5.32 Å². The predicted octanol–water partition coefficient (Wildman–Crippen LogP) is 3.33. The Balaban J connectivity index is 1.60. The van der Waals surface area contributed by atoms with Crippen molar-refractivity contribution in [2.24, 2.45) is 5.92 Å². The normalized spacial score (nSPS) is 17.1. The molecule has 2 aromatic carbocycles. The van der Waals surface area contributed by atoms with Gasteiger partial charge in [-0.2, -0.15) is 0 Å². The van der Waals surface area contributed by atoms with E-state index in [9.17, 15) is 18.4 Å². The molecule has 1 aliphatic heterocycles. The molecule has 0 spiro atoms. The zero-order valence-corrected chi connectivity index (χ0v) is 15.2. The number of aryl methyl sites for hydroxylation is 1. The van der Waals surface area contributed by atoms with Gasteiger partial charge in [-0.1, -0.05) is 18.2 Å². The highest BCUT2D eigenvalue weighted by atomic mass is 19.1. The lowest BCUT2D eigenvalue weighted by molar-refractivity contribution is -0.139. The molecule has 1 saturated heterocycles. The number of nitrogens with one attached hydrogen (secondary N) is 1. The summed E-state index contributed by atoms with van der Waals surface area (Å²) in [5, 5.41) is 2.84. The van der Waals surface area contributed by atoms with Gasteiger partial charge < -0.3 is 10.2 Å². The van der Waals surface area contributed by atoms with Crippen molar-refractivity contribution < 1.29 is 18.4 Å². The molecule has 2 amide bonds. The Hall–Kier alpha value is -2.76. The summed E-state index contributed by atoms with van der Waals surface area (Å²) in [5.41, 5.74) is 2.33. The van der Waals surface area contributed by atoms with Gasteiger partial charge in [-0.25, -0.2) is 8.78 Å². The number of amides is 2. The van der Waals surface area contributed by atoms with Gasteiger partial charge in [0.2, 0.25) is 11.8 Å². The number of halogens is 2. The highest BCUT2D eigenvalue weighted by Gasteiger charge is 2.30. The fourth-order valence-corrected chi connectivity index (χ4v) is 3.29. The highest BCUT2D eigenvalue weighted by molar-refractivity contribution is 5.83. The van der Waals surface area contributed by atoms with Crippen LogP contribution >= 0.6 is 0 Å². The minimum Gasteiger partial charge on any atom is -0.352 e. The molecule has 6 heteroatoms. The summed E-state index contributed by atoms with van der Waals surface area (Å²) in [6.45, 7) is 2.68. The highest BCUT2D eigenvalue weighted by Crippen LogP contribution is 2.21. The molecular formula is C21H22F2N2O2. The van der Waals surface area contributed by atoms with Gasteiger partial charge in [-0.3, -0.25) is 9.59 Å². The topological polar surface area (TPSA) is 49.4 Å². The monoisotopic (exact) mass is 372 g/mol. The number of carbonyl (C=O) groups excluding carboxylic acids is 2. The summed E-state index contributed by atoms with van der Waals surface area (Å²) in [5.74, 6) is -1.21. The lowest BCUT2D eigenvalue weighted by Crippen LogP contribution is -2.45. The number of nitrogens with zero attached hydrogens (tertiary/aromatic N) is 1. The van der Waals surface area contributed by atoms with E-state index in [-0.39, 0.29) is 48.9 Å². The van der Waals surface area contributed by atoms with E-state index in [1.165, 1.54) is 24.3 Å². The van der Waals surface area contributed by atoms with E-state index in [1.54, 1.807) is 23.1 Å². The number of rotatable bonds is 5. The second-order valence-electron chi connectivity index (χ2n) is 6.93. The minimum absolute atomic E-state index is 0.0377.